The first-order chi connectivity index (χ1) is 9.49. The molecule has 1 aromatic rings. The highest BCUT2D eigenvalue weighted by molar-refractivity contribution is 5.34. The SMILES string of the molecule is CCC(C)(C(N)Cc1c(C)cccc1C)N1CCCC1. The van der Waals surface area contributed by atoms with Crippen LogP contribution in [0.2, 0.25) is 0 Å². The van der Waals surface area contributed by atoms with E-state index in [1.165, 1.54) is 42.6 Å². The highest BCUT2D eigenvalue weighted by atomic mass is 15.2. The number of likely N-dealkylation sites (tertiary alicyclic amines) is 1. The van der Waals surface area contributed by atoms with Crippen molar-refractivity contribution in [1.82, 2.24) is 4.90 Å². The van der Waals surface area contributed by atoms with Gasteiger partial charge in [-0.25, -0.2) is 0 Å². The normalized spacial score (nSPS) is 20.9. The monoisotopic (exact) mass is 274 g/mol. The molecule has 0 aliphatic carbocycles. The summed E-state index contributed by atoms with van der Waals surface area (Å²) < 4.78 is 0. The molecule has 0 spiro atoms. The van der Waals surface area contributed by atoms with Gasteiger partial charge < -0.3 is 5.73 Å². The molecule has 0 saturated carbocycles. The molecule has 2 nitrogen and oxygen atoms in total. The number of nitrogens with two attached hydrogens (primary N) is 1. The van der Waals surface area contributed by atoms with Crippen LogP contribution < -0.4 is 5.73 Å². The third-order valence-electron chi connectivity index (χ3n) is 5.41. The van der Waals surface area contributed by atoms with Crippen LogP contribution in [0, 0.1) is 13.8 Å². The summed E-state index contributed by atoms with van der Waals surface area (Å²) in [5.41, 5.74) is 11.0. The topological polar surface area (TPSA) is 29.3 Å². The van der Waals surface area contributed by atoms with Gasteiger partial charge in [0.05, 0.1) is 0 Å². The van der Waals surface area contributed by atoms with E-state index < -0.39 is 0 Å². The summed E-state index contributed by atoms with van der Waals surface area (Å²) in [6.07, 6.45) is 4.76. The summed E-state index contributed by atoms with van der Waals surface area (Å²) in [4.78, 5) is 2.62. The van der Waals surface area contributed by atoms with Crippen molar-refractivity contribution in [2.45, 2.75) is 65.0 Å². The Morgan fingerprint density at radius 2 is 1.75 bits per heavy atom. The summed E-state index contributed by atoms with van der Waals surface area (Å²) >= 11 is 0. The van der Waals surface area contributed by atoms with Crippen molar-refractivity contribution in [2.75, 3.05) is 13.1 Å². The molecule has 112 valence electrons. The Bertz CT molecular complexity index is 428. The summed E-state index contributed by atoms with van der Waals surface area (Å²) in [5, 5.41) is 0. The molecule has 20 heavy (non-hydrogen) atoms. The number of benzene rings is 1. The van der Waals surface area contributed by atoms with E-state index in [-0.39, 0.29) is 11.6 Å². The summed E-state index contributed by atoms with van der Waals surface area (Å²) in [7, 11) is 0. The molecular weight excluding hydrogens is 244 g/mol. The Kier molecular flexibility index (Phi) is 4.87. The van der Waals surface area contributed by atoms with Gasteiger partial charge in [0.15, 0.2) is 0 Å². The Hall–Kier alpha value is -0.860. The number of rotatable bonds is 5. The van der Waals surface area contributed by atoms with Crippen molar-refractivity contribution in [2.24, 2.45) is 5.73 Å². The molecule has 1 aliphatic rings. The van der Waals surface area contributed by atoms with Gasteiger partial charge in [0, 0.05) is 11.6 Å². The number of nitrogens with zero attached hydrogens (tertiary/aromatic N) is 1. The minimum absolute atomic E-state index is 0.130. The maximum atomic E-state index is 6.67. The van der Waals surface area contributed by atoms with Crippen molar-refractivity contribution in [1.29, 1.82) is 0 Å². The van der Waals surface area contributed by atoms with Crippen molar-refractivity contribution in [3.63, 3.8) is 0 Å². The maximum absolute atomic E-state index is 6.67. The quantitative estimate of drug-likeness (QED) is 0.891. The first-order valence-electron chi connectivity index (χ1n) is 8.04. The van der Waals surface area contributed by atoms with Gasteiger partial charge in [0.25, 0.3) is 0 Å². The second-order valence-corrected chi connectivity index (χ2v) is 6.59. The molecule has 2 heteroatoms. The van der Waals surface area contributed by atoms with E-state index >= 15 is 0 Å². The van der Waals surface area contributed by atoms with E-state index in [1.807, 2.05) is 0 Å². The lowest BCUT2D eigenvalue weighted by molar-refractivity contribution is 0.0998. The average molecular weight is 274 g/mol. The van der Waals surface area contributed by atoms with E-state index in [1.54, 1.807) is 0 Å². The zero-order valence-electron chi connectivity index (χ0n) is 13.6. The summed E-state index contributed by atoms with van der Waals surface area (Å²) in [6, 6.07) is 6.74. The van der Waals surface area contributed by atoms with Crippen LogP contribution in [-0.2, 0) is 6.42 Å². The van der Waals surface area contributed by atoms with E-state index in [9.17, 15) is 0 Å². The van der Waals surface area contributed by atoms with Crippen molar-refractivity contribution in [3.05, 3.63) is 34.9 Å². The van der Waals surface area contributed by atoms with Crippen LogP contribution in [0.5, 0.6) is 0 Å². The van der Waals surface area contributed by atoms with E-state index in [0.29, 0.717) is 0 Å². The predicted molar refractivity (Wildman–Crippen MR) is 87.1 cm³/mol. The smallest absolute Gasteiger partial charge is 0.0332 e. The minimum Gasteiger partial charge on any atom is -0.326 e. The molecule has 1 aromatic carbocycles. The Labute approximate surface area is 124 Å². The molecule has 1 heterocycles. The fourth-order valence-corrected chi connectivity index (χ4v) is 3.56. The standard InChI is InChI=1S/C18H30N2/c1-5-18(4,20-11-6-7-12-20)17(19)13-16-14(2)9-8-10-15(16)3/h8-10,17H,5-7,11-13,19H2,1-4H3. The number of aryl methyl sites for hydroxylation is 2. The largest absolute Gasteiger partial charge is 0.326 e. The second-order valence-electron chi connectivity index (χ2n) is 6.59. The Morgan fingerprint density at radius 3 is 2.25 bits per heavy atom. The number of hydrogen-bond acceptors (Lipinski definition) is 2. The average Bonchev–Trinajstić information content (AvgIpc) is 2.96. The molecule has 2 rings (SSSR count). The van der Waals surface area contributed by atoms with Gasteiger partial charge in [0.2, 0.25) is 0 Å². The number of hydrogen-bond donors (Lipinski definition) is 1. The van der Waals surface area contributed by atoms with Crippen LogP contribution in [0.4, 0.5) is 0 Å². The second kappa shape index (κ2) is 6.28. The summed E-state index contributed by atoms with van der Waals surface area (Å²) in [6.45, 7) is 11.5. The van der Waals surface area contributed by atoms with Crippen LogP contribution in [0.15, 0.2) is 18.2 Å². The third-order valence-corrected chi connectivity index (χ3v) is 5.41. The van der Waals surface area contributed by atoms with Gasteiger partial charge in [-0.05, 0) is 76.2 Å². The third kappa shape index (κ3) is 2.91. The van der Waals surface area contributed by atoms with E-state index in [2.05, 4.69) is 50.8 Å². The van der Waals surface area contributed by atoms with Gasteiger partial charge >= 0.3 is 0 Å². The van der Waals surface area contributed by atoms with Crippen LogP contribution in [0.25, 0.3) is 0 Å². The molecule has 0 bridgehead atoms. The molecule has 1 saturated heterocycles. The fraction of sp³-hybridized carbons (Fsp3) is 0.667. The van der Waals surface area contributed by atoms with Gasteiger partial charge in [0.1, 0.15) is 0 Å². The lowest BCUT2D eigenvalue weighted by Gasteiger charge is -2.43. The van der Waals surface area contributed by atoms with E-state index in [4.69, 9.17) is 5.73 Å². The van der Waals surface area contributed by atoms with Gasteiger partial charge in [-0.3, -0.25) is 4.90 Å². The van der Waals surface area contributed by atoms with Crippen LogP contribution in [0.1, 0.15) is 49.8 Å². The van der Waals surface area contributed by atoms with Gasteiger partial charge in [-0.1, -0.05) is 25.1 Å². The van der Waals surface area contributed by atoms with Crippen molar-refractivity contribution in [3.8, 4) is 0 Å². The van der Waals surface area contributed by atoms with Gasteiger partial charge in [-0.2, -0.15) is 0 Å². The minimum atomic E-state index is 0.130. The van der Waals surface area contributed by atoms with Crippen molar-refractivity contribution >= 4 is 0 Å². The Morgan fingerprint density at radius 1 is 1.20 bits per heavy atom. The summed E-state index contributed by atoms with van der Waals surface area (Å²) in [5.74, 6) is 0. The van der Waals surface area contributed by atoms with Crippen LogP contribution in [0.3, 0.4) is 0 Å². The molecule has 1 aliphatic heterocycles. The van der Waals surface area contributed by atoms with Gasteiger partial charge in [-0.15, -0.1) is 0 Å². The lowest BCUT2D eigenvalue weighted by atomic mass is 9.82. The first-order valence-corrected chi connectivity index (χ1v) is 8.04. The molecular formula is C18H30N2. The van der Waals surface area contributed by atoms with E-state index in [0.717, 1.165) is 12.8 Å². The molecule has 2 atom stereocenters. The van der Waals surface area contributed by atoms with Crippen molar-refractivity contribution < 1.29 is 0 Å². The molecule has 2 N–H and O–H groups in total. The molecule has 0 aromatic heterocycles. The van der Waals surface area contributed by atoms with Crippen LogP contribution in [-0.4, -0.2) is 29.6 Å². The fourth-order valence-electron chi connectivity index (χ4n) is 3.56. The molecule has 0 radical (unpaired) electrons. The lowest BCUT2D eigenvalue weighted by Crippen LogP contribution is -2.57. The Balaban J connectivity index is 2.19. The molecule has 0 amide bonds. The van der Waals surface area contributed by atoms with Crippen LogP contribution >= 0.6 is 0 Å². The zero-order chi connectivity index (χ0) is 14.8. The zero-order valence-corrected chi connectivity index (χ0v) is 13.6. The molecule has 2 unspecified atom stereocenters. The molecule has 1 fully saturated rings. The first kappa shape index (κ1) is 15.5. The highest BCUT2D eigenvalue weighted by Crippen LogP contribution is 2.29. The predicted octanol–water partition coefficient (Wildman–Crippen LogP) is 3.44. The maximum Gasteiger partial charge on any atom is 0.0332 e. The highest BCUT2D eigenvalue weighted by Gasteiger charge is 2.37.